The zero-order valence-corrected chi connectivity index (χ0v) is 19.4. The van der Waals surface area contributed by atoms with Crippen LogP contribution in [-0.4, -0.2) is 37.3 Å². The molecule has 2 N–H and O–H groups in total. The van der Waals surface area contributed by atoms with Crippen molar-refractivity contribution in [3.63, 3.8) is 0 Å². The standard InChI is InChI=1S/C25H27F6N3O2/c1-2-10-32-22(35)33-34-11-8-23(9-12-34,19-6-4-3-5-7-19)17-36-16-18-13-20(24(26,27)28)15-21(14-18)25(29,30)31/h2-7,13-15H,1,8-12,16-17H2,(H2,32,33,35). The molecule has 2 aromatic carbocycles. The van der Waals surface area contributed by atoms with E-state index < -0.39 is 35.5 Å². The Hall–Kier alpha value is -3.05. The highest BCUT2D eigenvalue weighted by Crippen LogP contribution is 2.38. The highest BCUT2D eigenvalue weighted by atomic mass is 19.4. The van der Waals surface area contributed by atoms with E-state index >= 15 is 0 Å². The molecule has 3 rings (SSSR count). The molecule has 0 unspecified atom stereocenters. The van der Waals surface area contributed by atoms with Crippen molar-refractivity contribution < 1.29 is 35.9 Å². The van der Waals surface area contributed by atoms with Gasteiger partial charge in [-0.15, -0.1) is 6.58 Å². The van der Waals surface area contributed by atoms with E-state index in [1.807, 2.05) is 30.3 Å². The fourth-order valence-corrected chi connectivity index (χ4v) is 4.17. The Morgan fingerprint density at radius 3 is 2.11 bits per heavy atom. The van der Waals surface area contributed by atoms with Gasteiger partial charge in [0.2, 0.25) is 0 Å². The number of carbonyl (C=O) groups is 1. The van der Waals surface area contributed by atoms with Crippen LogP contribution in [0.15, 0.2) is 61.2 Å². The minimum atomic E-state index is -4.92. The molecule has 0 saturated carbocycles. The van der Waals surface area contributed by atoms with Gasteiger partial charge in [0.25, 0.3) is 0 Å². The predicted molar refractivity (Wildman–Crippen MR) is 122 cm³/mol. The van der Waals surface area contributed by atoms with E-state index in [0.29, 0.717) is 44.6 Å². The molecule has 0 radical (unpaired) electrons. The lowest BCUT2D eigenvalue weighted by molar-refractivity contribution is -0.143. The maximum Gasteiger partial charge on any atom is 0.416 e. The number of nitrogens with one attached hydrogen (secondary N) is 2. The monoisotopic (exact) mass is 515 g/mol. The Bertz CT molecular complexity index is 1000. The summed E-state index contributed by atoms with van der Waals surface area (Å²) in [6, 6.07) is 10.5. The lowest BCUT2D eigenvalue weighted by Gasteiger charge is -2.42. The van der Waals surface area contributed by atoms with E-state index in [9.17, 15) is 31.1 Å². The number of hydrazine groups is 1. The van der Waals surface area contributed by atoms with Crippen LogP contribution in [0.25, 0.3) is 0 Å². The van der Waals surface area contributed by atoms with Crippen molar-refractivity contribution in [1.82, 2.24) is 15.8 Å². The van der Waals surface area contributed by atoms with Gasteiger partial charge in [0.05, 0.1) is 24.3 Å². The normalized spacial score (nSPS) is 16.4. The molecule has 5 nitrogen and oxygen atoms in total. The molecule has 36 heavy (non-hydrogen) atoms. The number of rotatable bonds is 8. The number of nitrogens with zero attached hydrogens (tertiary/aromatic N) is 1. The molecular weight excluding hydrogens is 488 g/mol. The van der Waals surface area contributed by atoms with Crippen molar-refractivity contribution in [1.29, 1.82) is 0 Å². The first-order valence-electron chi connectivity index (χ1n) is 11.2. The number of piperidine rings is 1. The minimum absolute atomic E-state index is 0.0884. The van der Waals surface area contributed by atoms with E-state index in [0.717, 1.165) is 5.56 Å². The molecule has 0 aliphatic carbocycles. The molecule has 2 aromatic rings. The average molecular weight is 515 g/mol. The maximum absolute atomic E-state index is 13.2. The molecule has 1 fully saturated rings. The van der Waals surface area contributed by atoms with Crippen LogP contribution in [0.2, 0.25) is 0 Å². The Morgan fingerprint density at radius 1 is 1.00 bits per heavy atom. The number of hydrogen-bond donors (Lipinski definition) is 2. The fourth-order valence-electron chi connectivity index (χ4n) is 4.17. The third-order valence-corrected chi connectivity index (χ3v) is 6.07. The lowest BCUT2D eigenvalue weighted by atomic mass is 9.73. The van der Waals surface area contributed by atoms with Gasteiger partial charge in [-0.3, -0.25) is 5.43 Å². The van der Waals surface area contributed by atoms with Gasteiger partial charge in [0.15, 0.2) is 0 Å². The molecule has 0 atom stereocenters. The van der Waals surface area contributed by atoms with Crippen LogP contribution >= 0.6 is 0 Å². The SMILES string of the molecule is C=CCNC(=O)NN1CCC(COCc2cc(C(F)(F)F)cc(C(F)(F)F)c2)(c2ccccc2)CC1. The predicted octanol–water partition coefficient (Wildman–Crippen LogP) is 5.67. The number of hydrogen-bond acceptors (Lipinski definition) is 3. The molecule has 0 aromatic heterocycles. The first kappa shape index (κ1) is 27.5. The minimum Gasteiger partial charge on any atom is -0.376 e. The average Bonchev–Trinajstić information content (AvgIpc) is 2.83. The summed E-state index contributed by atoms with van der Waals surface area (Å²) in [5.74, 6) is 0. The van der Waals surface area contributed by atoms with Crippen LogP contribution in [0, 0.1) is 0 Å². The van der Waals surface area contributed by atoms with Crippen LogP contribution < -0.4 is 10.7 Å². The smallest absolute Gasteiger partial charge is 0.376 e. The number of halogens is 6. The molecular formula is C25H27F6N3O2. The third kappa shape index (κ3) is 7.23. The van der Waals surface area contributed by atoms with Crippen molar-refractivity contribution in [2.75, 3.05) is 26.2 Å². The van der Waals surface area contributed by atoms with Crippen molar-refractivity contribution >= 4 is 6.03 Å². The van der Waals surface area contributed by atoms with E-state index in [-0.39, 0.29) is 24.3 Å². The van der Waals surface area contributed by atoms with Crippen molar-refractivity contribution in [3.8, 4) is 0 Å². The van der Waals surface area contributed by atoms with Crippen LogP contribution in [0.1, 0.15) is 35.1 Å². The first-order valence-corrected chi connectivity index (χ1v) is 11.2. The molecule has 1 heterocycles. The molecule has 0 spiro atoms. The number of amides is 2. The van der Waals surface area contributed by atoms with Gasteiger partial charge in [0.1, 0.15) is 0 Å². The molecule has 1 saturated heterocycles. The van der Waals surface area contributed by atoms with Crippen molar-refractivity contribution in [2.24, 2.45) is 0 Å². The second-order valence-electron chi connectivity index (χ2n) is 8.65. The van der Waals surface area contributed by atoms with E-state index in [2.05, 4.69) is 17.3 Å². The summed E-state index contributed by atoms with van der Waals surface area (Å²) in [6.45, 7) is 4.47. The summed E-state index contributed by atoms with van der Waals surface area (Å²) < 4.78 is 84.8. The van der Waals surface area contributed by atoms with Crippen molar-refractivity contribution in [3.05, 3.63) is 83.4 Å². The molecule has 1 aliphatic heterocycles. The summed E-state index contributed by atoms with van der Waals surface area (Å²) in [4.78, 5) is 11.9. The Morgan fingerprint density at radius 2 is 1.58 bits per heavy atom. The summed E-state index contributed by atoms with van der Waals surface area (Å²) in [5.41, 5.74) is 0.215. The molecule has 196 valence electrons. The zero-order chi connectivity index (χ0) is 26.4. The van der Waals surface area contributed by atoms with Gasteiger partial charge >= 0.3 is 18.4 Å². The summed E-state index contributed by atoms with van der Waals surface area (Å²) >= 11 is 0. The van der Waals surface area contributed by atoms with Gasteiger partial charge in [-0.25, -0.2) is 9.80 Å². The van der Waals surface area contributed by atoms with Gasteiger partial charge in [-0.05, 0) is 42.2 Å². The van der Waals surface area contributed by atoms with Crippen molar-refractivity contribution in [2.45, 2.75) is 37.2 Å². The summed E-state index contributed by atoms with van der Waals surface area (Å²) in [7, 11) is 0. The van der Waals surface area contributed by atoms with Gasteiger partial charge < -0.3 is 10.1 Å². The van der Waals surface area contributed by atoms with Crippen LogP contribution in [0.4, 0.5) is 31.1 Å². The maximum atomic E-state index is 13.2. The van der Waals surface area contributed by atoms with E-state index in [1.54, 1.807) is 11.1 Å². The van der Waals surface area contributed by atoms with E-state index in [4.69, 9.17) is 4.74 Å². The molecule has 11 heteroatoms. The fraction of sp³-hybridized carbons (Fsp3) is 0.400. The van der Waals surface area contributed by atoms with Crippen LogP contribution in [0.3, 0.4) is 0 Å². The lowest BCUT2D eigenvalue weighted by Crippen LogP contribution is -2.54. The summed E-state index contributed by atoms with van der Waals surface area (Å²) in [6.07, 6.45) is -7.18. The summed E-state index contributed by atoms with van der Waals surface area (Å²) in [5, 5.41) is 4.37. The second kappa shape index (κ2) is 11.3. The third-order valence-electron chi connectivity index (χ3n) is 6.07. The number of urea groups is 1. The number of ether oxygens (including phenoxy) is 1. The van der Waals surface area contributed by atoms with Gasteiger partial charge in [-0.2, -0.15) is 26.3 Å². The number of benzene rings is 2. The van der Waals surface area contributed by atoms with Crippen LogP contribution in [0.5, 0.6) is 0 Å². The molecule has 0 bridgehead atoms. The molecule has 2 amide bonds. The first-order chi connectivity index (χ1) is 16.9. The van der Waals surface area contributed by atoms with E-state index in [1.165, 1.54) is 0 Å². The van der Waals surface area contributed by atoms with Crippen LogP contribution in [-0.2, 0) is 29.1 Å². The Kier molecular flexibility index (Phi) is 8.67. The Balaban J connectivity index is 1.73. The number of alkyl halides is 6. The van der Waals surface area contributed by atoms with Gasteiger partial charge in [-0.1, -0.05) is 36.4 Å². The zero-order valence-electron chi connectivity index (χ0n) is 19.4. The largest absolute Gasteiger partial charge is 0.416 e. The second-order valence-corrected chi connectivity index (χ2v) is 8.65. The highest BCUT2D eigenvalue weighted by molar-refractivity contribution is 5.73. The quantitative estimate of drug-likeness (QED) is 0.352. The number of carbonyl (C=O) groups excluding carboxylic acids is 1. The highest BCUT2D eigenvalue weighted by Gasteiger charge is 2.38. The topological polar surface area (TPSA) is 53.6 Å². The van der Waals surface area contributed by atoms with Gasteiger partial charge in [0, 0.05) is 25.0 Å². The molecule has 1 aliphatic rings. The Labute approximate surface area is 205 Å².